The normalized spacial score (nSPS) is 12.8. The third kappa shape index (κ3) is 6.84. The topological polar surface area (TPSA) is 49.4 Å². The Bertz CT molecular complexity index is 731. The molecule has 0 aromatic heterocycles. The quantitative estimate of drug-likeness (QED) is 0.677. The minimum atomic E-state index is -0.485. The van der Waals surface area contributed by atoms with E-state index in [-0.39, 0.29) is 17.9 Å². The molecule has 0 aliphatic heterocycles. The van der Waals surface area contributed by atoms with Crippen LogP contribution >= 0.6 is 0 Å². The molecule has 4 heteroatoms. The highest BCUT2D eigenvalue weighted by Gasteiger charge is 2.26. The van der Waals surface area contributed by atoms with E-state index < -0.39 is 6.04 Å². The molecule has 28 heavy (non-hydrogen) atoms. The van der Waals surface area contributed by atoms with Gasteiger partial charge in [-0.15, -0.1) is 0 Å². The maximum absolute atomic E-state index is 13.0. The highest BCUT2D eigenvalue weighted by atomic mass is 16.2. The summed E-state index contributed by atoms with van der Waals surface area (Å²) in [6.45, 7) is 6.37. The lowest BCUT2D eigenvalue weighted by atomic mass is 10.1. The van der Waals surface area contributed by atoms with E-state index in [0.717, 1.165) is 24.0 Å². The molecule has 0 spiro atoms. The van der Waals surface area contributed by atoms with Gasteiger partial charge in [0.2, 0.25) is 11.8 Å². The van der Waals surface area contributed by atoms with Gasteiger partial charge in [0.25, 0.3) is 0 Å². The van der Waals surface area contributed by atoms with Crippen molar-refractivity contribution >= 4 is 11.8 Å². The summed E-state index contributed by atoms with van der Waals surface area (Å²) in [5.74, 6) is -0.0675. The standard InChI is InChI=1S/C24H32N2O2/c1-4-19(2)25-24(28)20(3)26(18-17-22-13-9-6-10-14-22)23(27)16-15-21-11-7-5-8-12-21/h5-14,19-20H,4,15-18H2,1-3H3,(H,25,28)/t19-,20-/m1/s1. The minimum absolute atomic E-state index is 0.0200. The molecule has 0 saturated carbocycles. The van der Waals surface area contributed by atoms with Crippen LogP contribution in [-0.4, -0.2) is 35.3 Å². The van der Waals surface area contributed by atoms with Crippen LogP contribution in [0, 0.1) is 0 Å². The van der Waals surface area contributed by atoms with Crippen LogP contribution in [0.15, 0.2) is 60.7 Å². The Kier molecular flexibility index (Phi) is 8.73. The van der Waals surface area contributed by atoms with Crippen molar-refractivity contribution in [3.63, 3.8) is 0 Å². The van der Waals surface area contributed by atoms with E-state index in [4.69, 9.17) is 0 Å². The van der Waals surface area contributed by atoms with Gasteiger partial charge in [0.05, 0.1) is 0 Å². The first kappa shape index (κ1) is 21.7. The second-order valence-electron chi connectivity index (χ2n) is 7.30. The maximum Gasteiger partial charge on any atom is 0.242 e. The van der Waals surface area contributed by atoms with Gasteiger partial charge < -0.3 is 10.2 Å². The van der Waals surface area contributed by atoms with Crippen molar-refractivity contribution in [2.75, 3.05) is 6.54 Å². The molecule has 1 N–H and O–H groups in total. The van der Waals surface area contributed by atoms with Crippen molar-refractivity contribution in [1.82, 2.24) is 10.2 Å². The number of nitrogens with zero attached hydrogens (tertiary/aromatic N) is 1. The maximum atomic E-state index is 13.0. The van der Waals surface area contributed by atoms with Crippen LogP contribution in [0.3, 0.4) is 0 Å². The van der Waals surface area contributed by atoms with Gasteiger partial charge in [-0.2, -0.15) is 0 Å². The van der Waals surface area contributed by atoms with Gasteiger partial charge in [-0.3, -0.25) is 9.59 Å². The zero-order valence-corrected chi connectivity index (χ0v) is 17.2. The van der Waals surface area contributed by atoms with Gasteiger partial charge >= 0.3 is 0 Å². The van der Waals surface area contributed by atoms with Crippen LogP contribution in [0.2, 0.25) is 0 Å². The third-order valence-corrected chi connectivity index (χ3v) is 5.12. The third-order valence-electron chi connectivity index (χ3n) is 5.12. The molecule has 0 radical (unpaired) electrons. The molecule has 150 valence electrons. The first-order valence-electron chi connectivity index (χ1n) is 10.2. The van der Waals surface area contributed by atoms with E-state index in [1.807, 2.05) is 69.3 Å². The SMILES string of the molecule is CC[C@@H](C)NC(=O)[C@@H](C)N(CCc1ccccc1)C(=O)CCc1ccccc1. The largest absolute Gasteiger partial charge is 0.352 e. The van der Waals surface area contributed by atoms with Crippen LogP contribution in [0.5, 0.6) is 0 Å². The highest BCUT2D eigenvalue weighted by Crippen LogP contribution is 2.11. The van der Waals surface area contributed by atoms with Gasteiger partial charge in [0.1, 0.15) is 6.04 Å². The molecule has 0 aliphatic carbocycles. The Morgan fingerprint density at radius 1 is 0.893 bits per heavy atom. The fourth-order valence-electron chi connectivity index (χ4n) is 3.08. The summed E-state index contributed by atoms with van der Waals surface area (Å²) in [4.78, 5) is 27.4. The number of carbonyl (C=O) groups is 2. The molecule has 0 saturated heterocycles. The van der Waals surface area contributed by atoms with Crippen molar-refractivity contribution in [3.8, 4) is 0 Å². The molecule has 2 rings (SSSR count). The number of hydrogen-bond donors (Lipinski definition) is 1. The summed E-state index contributed by atoms with van der Waals surface area (Å²) in [5, 5.41) is 3.00. The Morgan fingerprint density at radius 2 is 1.43 bits per heavy atom. The first-order chi connectivity index (χ1) is 13.5. The molecule has 4 nitrogen and oxygen atoms in total. The van der Waals surface area contributed by atoms with Crippen molar-refractivity contribution < 1.29 is 9.59 Å². The summed E-state index contributed by atoms with van der Waals surface area (Å²) < 4.78 is 0. The van der Waals surface area contributed by atoms with Gasteiger partial charge in [0, 0.05) is 19.0 Å². The van der Waals surface area contributed by atoms with E-state index >= 15 is 0 Å². The number of aryl methyl sites for hydroxylation is 1. The number of nitrogens with one attached hydrogen (secondary N) is 1. The average molecular weight is 381 g/mol. The number of carbonyl (C=O) groups excluding carboxylic acids is 2. The second-order valence-corrected chi connectivity index (χ2v) is 7.30. The van der Waals surface area contributed by atoms with Crippen LogP contribution in [0.25, 0.3) is 0 Å². The molecule has 2 aromatic carbocycles. The predicted octanol–water partition coefficient (Wildman–Crippen LogP) is 3.99. The van der Waals surface area contributed by atoms with E-state index in [9.17, 15) is 9.59 Å². The van der Waals surface area contributed by atoms with E-state index in [1.54, 1.807) is 4.90 Å². The average Bonchev–Trinajstić information content (AvgIpc) is 2.73. The molecular weight excluding hydrogens is 348 g/mol. The molecule has 2 amide bonds. The zero-order chi connectivity index (χ0) is 20.4. The molecular formula is C24H32N2O2. The van der Waals surface area contributed by atoms with Crippen LogP contribution in [0.1, 0.15) is 44.7 Å². The number of rotatable bonds is 10. The lowest BCUT2D eigenvalue weighted by Crippen LogP contribution is -2.50. The van der Waals surface area contributed by atoms with Crippen molar-refractivity contribution in [3.05, 3.63) is 71.8 Å². The Labute approximate surface area is 169 Å². The second kappa shape index (κ2) is 11.3. The predicted molar refractivity (Wildman–Crippen MR) is 114 cm³/mol. The monoisotopic (exact) mass is 380 g/mol. The Hall–Kier alpha value is -2.62. The van der Waals surface area contributed by atoms with Gasteiger partial charge in [-0.1, -0.05) is 67.6 Å². The fraction of sp³-hybridized carbons (Fsp3) is 0.417. The first-order valence-corrected chi connectivity index (χ1v) is 10.2. The van der Waals surface area contributed by atoms with Gasteiger partial charge in [-0.25, -0.2) is 0 Å². The van der Waals surface area contributed by atoms with E-state index in [0.29, 0.717) is 19.4 Å². The lowest BCUT2D eigenvalue weighted by Gasteiger charge is -2.29. The van der Waals surface area contributed by atoms with Crippen LogP contribution in [-0.2, 0) is 22.4 Å². The molecule has 0 fully saturated rings. The summed E-state index contributed by atoms with van der Waals surface area (Å²) in [6.07, 6.45) is 2.68. The fourth-order valence-corrected chi connectivity index (χ4v) is 3.08. The highest BCUT2D eigenvalue weighted by molar-refractivity contribution is 5.87. The van der Waals surface area contributed by atoms with Crippen molar-refractivity contribution in [2.24, 2.45) is 0 Å². The number of benzene rings is 2. The molecule has 2 atom stereocenters. The van der Waals surface area contributed by atoms with Gasteiger partial charge in [0.15, 0.2) is 0 Å². The summed E-state index contributed by atoms with van der Waals surface area (Å²) in [6, 6.07) is 19.7. The molecule has 0 aliphatic rings. The number of amides is 2. The molecule has 0 unspecified atom stereocenters. The van der Waals surface area contributed by atoms with Gasteiger partial charge in [-0.05, 0) is 44.2 Å². The van der Waals surface area contributed by atoms with Crippen LogP contribution in [0.4, 0.5) is 0 Å². The Balaban J connectivity index is 2.05. The summed E-state index contributed by atoms with van der Waals surface area (Å²) >= 11 is 0. The molecule has 0 heterocycles. The van der Waals surface area contributed by atoms with Crippen LogP contribution < -0.4 is 5.32 Å². The summed E-state index contributed by atoms with van der Waals surface area (Å²) in [5.41, 5.74) is 2.30. The minimum Gasteiger partial charge on any atom is -0.352 e. The smallest absolute Gasteiger partial charge is 0.242 e. The lowest BCUT2D eigenvalue weighted by molar-refractivity contribution is -0.140. The Morgan fingerprint density at radius 3 is 1.96 bits per heavy atom. The molecule has 0 bridgehead atoms. The van der Waals surface area contributed by atoms with Crippen molar-refractivity contribution in [2.45, 2.75) is 58.5 Å². The van der Waals surface area contributed by atoms with Crippen molar-refractivity contribution in [1.29, 1.82) is 0 Å². The summed E-state index contributed by atoms with van der Waals surface area (Å²) in [7, 11) is 0. The van der Waals surface area contributed by atoms with E-state index in [2.05, 4.69) is 17.4 Å². The molecule has 2 aromatic rings. The number of hydrogen-bond acceptors (Lipinski definition) is 2. The zero-order valence-electron chi connectivity index (χ0n) is 17.2. The van der Waals surface area contributed by atoms with E-state index in [1.165, 1.54) is 0 Å².